The van der Waals surface area contributed by atoms with E-state index in [2.05, 4.69) is 4.98 Å². The fraction of sp³-hybridized carbons (Fsp3) is 0.727. The summed E-state index contributed by atoms with van der Waals surface area (Å²) in [6.07, 6.45) is 4.60. The number of aromatic nitrogens is 1. The second-order valence-electron chi connectivity index (χ2n) is 4.48. The first-order chi connectivity index (χ1) is 8.55. The molecule has 2 heterocycles. The first kappa shape index (κ1) is 13.9. The normalized spacial score (nSPS) is 21.6. The van der Waals surface area contributed by atoms with Crippen molar-refractivity contribution in [1.82, 2.24) is 9.29 Å². The molecule has 1 aromatic heterocycles. The average molecular weight is 290 g/mol. The van der Waals surface area contributed by atoms with Crippen molar-refractivity contribution in [2.75, 3.05) is 13.2 Å². The van der Waals surface area contributed by atoms with E-state index < -0.39 is 10.0 Å². The molecule has 0 aromatic carbocycles. The maximum absolute atomic E-state index is 12.5. The van der Waals surface area contributed by atoms with Crippen LogP contribution in [0.15, 0.2) is 10.4 Å². The summed E-state index contributed by atoms with van der Waals surface area (Å²) < 4.78 is 26.8. The Morgan fingerprint density at radius 1 is 1.61 bits per heavy atom. The van der Waals surface area contributed by atoms with Crippen LogP contribution in [0.2, 0.25) is 0 Å². The number of hydrogen-bond acceptors (Lipinski definition) is 5. The van der Waals surface area contributed by atoms with Gasteiger partial charge in [-0.05, 0) is 32.6 Å². The Labute approximate surface area is 112 Å². The van der Waals surface area contributed by atoms with Crippen molar-refractivity contribution in [2.24, 2.45) is 0 Å². The summed E-state index contributed by atoms with van der Waals surface area (Å²) in [6.45, 7) is 2.50. The maximum atomic E-state index is 12.5. The largest absolute Gasteiger partial charge is 0.396 e. The van der Waals surface area contributed by atoms with Gasteiger partial charge in [-0.3, -0.25) is 0 Å². The van der Waals surface area contributed by atoms with E-state index in [0.717, 1.165) is 24.3 Å². The zero-order valence-electron chi connectivity index (χ0n) is 10.4. The number of thiazole rings is 1. The highest BCUT2D eigenvalue weighted by Crippen LogP contribution is 2.30. The Kier molecular flexibility index (Phi) is 4.37. The summed E-state index contributed by atoms with van der Waals surface area (Å²) in [5.41, 5.74) is 0. The van der Waals surface area contributed by atoms with Crippen LogP contribution >= 0.6 is 11.3 Å². The predicted molar refractivity (Wildman–Crippen MR) is 70.1 cm³/mol. The Morgan fingerprint density at radius 2 is 2.39 bits per heavy atom. The molecule has 0 amide bonds. The third-order valence-corrected chi connectivity index (χ3v) is 6.48. The maximum Gasteiger partial charge on any atom is 0.254 e. The Hall–Kier alpha value is -0.500. The molecule has 1 saturated heterocycles. The second kappa shape index (κ2) is 5.64. The molecule has 0 saturated carbocycles. The van der Waals surface area contributed by atoms with E-state index in [4.69, 9.17) is 5.11 Å². The molecule has 2 rings (SSSR count). The molecule has 0 aliphatic carbocycles. The first-order valence-electron chi connectivity index (χ1n) is 6.11. The van der Waals surface area contributed by atoms with Crippen LogP contribution in [0.3, 0.4) is 0 Å². The minimum absolute atomic E-state index is 0.0320. The molecule has 1 aliphatic rings. The molecule has 0 spiro atoms. The number of nitrogens with zero attached hydrogens (tertiary/aromatic N) is 2. The van der Waals surface area contributed by atoms with Crippen LogP contribution < -0.4 is 0 Å². The van der Waals surface area contributed by atoms with Gasteiger partial charge in [-0.1, -0.05) is 0 Å². The summed E-state index contributed by atoms with van der Waals surface area (Å²) in [5, 5.41) is 9.62. The summed E-state index contributed by atoms with van der Waals surface area (Å²) in [4.78, 5) is 4.01. The summed E-state index contributed by atoms with van der Waals surface area (Å²) in [5.74, 6) is 0. The van der Waals surface area contributed by atoms with Gasteiger partial charge in [0, 0.05) is 19.2 Å². The monoisotopic (exact) mass is 290 g/mol. The smallest absolute Gasteiger partial charge is 0.254 e. The van der Waals surface area contributed by atoms with E-state index in [1.807, 2.05) is 0 Å². The van der Waals surface area contributed by atoms with E-state index in [-0.39, 0.29) is 12.6 Å². The van der Waals surface area contributed by atoms with Crippen molar-refractivity contribution in [1.29, 1.82) is 0 Å². The van der Waals surface area contributed by atoms with Crippen molar-refractivity contribution in [3.63, 3.8) is 0 Å². The van der Waals surface area contributed by atoms with Crippen LogP contribution in [0, 0.1) is 6.92 Å². The Bertz CT molecular complexity index is 498. The Balaban J connectivity index is 2.18. The van der Waals surface area contributed by atoms with Crippen LogP contribution in [-0.2, 0) is 10.0 Å². The standard InChI is InChI=1S/C11H18N2O3S2/c1-9-12-8-11(17-9)18(15,16)13-6-2-4-10(13)5-3-7-14/h8,10,14H,2-7H2,1H3. The van der Waals surface area contributed by atoms with Crippen LogP contribution in [0.5, 0.6) is 0 Å². The molecule has 1 unspecified atom stereocenters. The number of sulfonamides is 1. The van der Waals surface area contributed by atoms with Crippen molar-refractivity contribution >= 4 is 21.4 Å². The van der Waals surface area contributed by atoms with Gasteiger partial charge in [-0.2, -0.15) is 4.31 Å². The molecule has 102 valence electrons. The number of hydrogen-bond donors (Lipinski definition) is 1. The Morgan fingerprint density at radius 3 is 3.00 bits per heavy atom. The minimum atomic E-state index is -3.39. The van der Waals surface area contributed by atoms with E-state index in [1.165, 1.54) is 17.5 Å². The molecule has 1 N–H and O–H groups in total. The molecule has 1 fully saturated rings. The predicted octanol–water partition coefficient (Wildman–Crippen LogP) is 1.38. The number of aliphatic hydroxyl groups is 1. The lowest BCUT2D eigenvalue weighted by molar-refractivity contribution is 0.264. The average Bonchev–Trinajstić information content (AvgIpc) is 2.95. The van der Waals surface area contributed by atoms with Gasteiger partial charge in [0.05, 0.1) is 11.2 Å². The summed E-state index contributed by atoms with van der Waals surface area (Å²) in [7, 11) is -3.39. The zero-order chi connectivity index (χ0) is 13.2. The number of aryl methyl sites for hydroxylation is 1. The molecule has 1 aliphatic heterocycles. The van der Waals surface area contributed by atoms with Crippen molar-refractivity contribution < 1.29 is 13.5 Å². The summed E-state index contributed by atoms with van der Waals surface area (Å²) >= 11 is 1.22. The quantitative estimate of drug-likeness (QED) is 0.889. The fourth-order valence-corrected chi connectivity index (χ4v) is 5.28. The van der Waals surface area contributed by atoms with E-state index in [9.17, 15) is 8.42 Å². The van der Waals surface area contributed by atoms with Crippen LogP contribution in [0.1, 0.15) is 30.7 Å². The fourth-order valence-electron chi connectivity index (χ4n) is 2.32. The second-order valence-corrected chi connectivity index (χ2v) is 7.83. The van der Waals surface area contributed by atoms with Gasteiger partial charge in [-0.25, -0.2) is 13.4 Å². The van der Waals surface area contributed by atoms with Gasteiger partial charge >= 0.3 is 0 Å². The molecular formula is C11H18N2O3S2. The van der Waals surface area contributed by atoms with Crippen LogP contribution in [0.25, 0.3) is 0 Å². The lowest BCUT2D eigenvalue weighted by Gasteiger charge is -2.22. The molecule has 1 atom stereocenters. The van der Waals surface area contributed by atoms with E-state index in [1.54, 1.807) is 11.2 Å². The lowest BCUT2D eigenvalue weighted by atomic mass is 10.1. The van der Waals surface area contributed by atoms with Gasteiger partial charge in [0.15, 0.2) is 4.21 Å². The zero-order valence-corrected chi connectivity index (χ0v) is 12.0. The van der Waals surface area contributed by atoms with Crippen molar-refractivity contribution in [2.45, 2.75) is 42.9 Å². The highest BCUT2D eigenvalue weighted by Gasteiger charge is 2.35. The molecule has 5 nitrogen and oxygen atoms in total. The molecular weight excluding hydrogens is 272 g/mol. The molecule has 18 heavy (non-hydrogen) atoms. The van der Waals surface area contributed by atoms with Crippen molar-refractivity contribution in [3.8, 4) is 0 Å². The van der Waals surface area contributed by atoms with Crippen LogP contribution in [0.4, 0.5) is 0 Å². The first-order valence-corrected chi connectivity index (χ1v) is 8.36. The summed E-state index contributed by atoms with van der Waals surface area (Å²) in [6, 6.07) is 0.0320. The topological polar surface area (TPSA) is 70.5 Å². The highest BCUT2D eigenvalue weighted by atomic mass is 32.2. The van der Waals surface area contributed by atoms with E-state index in [0.29, 0.717) is 17.2 Å². The molecule has 1 aromatic rings. The SMILES string of the molecule is Cc1ncc(S(=O)(=O)N2CCCC2CCCO)s1. The van der Waals surface area contributed by atoms with Gasteiger partial charge in [0.1, 0.15) is 0 Å². The van der Waals surface area contributed by atoms with Gasteiger partial charge in [-0.15, -0.1) is 11.3 Å². The van der Waals surface area contributed by atoms with Gasteiger partial charge in [0.25, 0.3) is 10.0 Å². The van der Waals surface area contributed by atoms with Crippen LogP contribution in [-0.4, -0.2) is 42.0 Å². The number of aliphatic hydroxyl groups excluding tert-OH is 1. The third kappa shape index (κ3) is 2.74. The third-order valence-electron chi connectivity index (χ3n) is 3.18. The minimum Gasteiger partial charge on any atom is -0.396 e. The van der Waals surface area contributed by atoms with Gasteiger partial charge in [0.2, 0.25) is 0 Å². The molecule has 0 radical (unpaired) electrons. The number of rotatable bonds is 5. The van der Waals surface area contributed by atoms with E-state index >= 15 is 0 Å². The molecule has 0 bridgehead atoms. The van der Waals surface area contributed by atoms with Crippen molar-refractivity contribution in [3.05, 3.63) is 11.2 Å². The lowest BCUT2D eigenvalue weighted by Crippen LogP contribution is -2.35. The molecule has 7 heteroatoms. The van der Waals surface area contributed by atoms with Gasteiger partial charge < -0.3 is 5.11 Å². The highest BCUT2D eigenvalue weighted by molar-refractivity contribution is 7.91.